The number of hydrogen-bond donors (Lipinski definition) is 4. The zero-order valence-corrected chi connectivity index (χ0v) is 20.1. The highest BCUT2D eigenvalue weighted by molar-refractivity contribution is 7.71. The molecule has 0 saturated carbocycles. The van der Waals surface area contributed by atoms with Crippen LogP contribution in [-0.4, -0.2) is 37.8 Å². The molecule has 0 spiro atoms. The van der Waals surface area contributed by atoms with Crippen molar-refractivity contribution >= 4 is 52.4 Å². The van der Waals surface area contributed by atoms with Gasteiger partial charge in [-0.05, 0) is 60.2 Å². The number of amides is 1. The Morgan fingerprint density at radius 2 is 1.78 bits per heavy atom. The maximum absolute atomic E-state index is 12.8. The second-order valence-electron chi connectivity index (χ2n) is 7.27. The van der Waals surface area contributed by atoms with Crippen LogP contribution in [0.3, 0.4) is 0 Å². The van der Waals surface area contributed by atoms with Gasteiger partial charge in [0, 0.05) is 23.3 Å². The van der Waals surface area contributed by atoms with Crippen LogP contribution < -0.4 is 16.3 Å². The van der Waals surface area contributed by atoms with E-state index >= 15 is 0 Å². The first-order valence-electron chi connectivity index (χ1n) is 10.3. The molecule has 2 aromatic carbocycles. The molecular formula is C23H17ClF3N5O4S. The molecule has 4 aromatic rings. The summed E-state index contributed by atoms with van der Waals surface area (Å²) in [4.78, 5) is 41.4. The standard InChI is InChI=1S/C21H16ClN5O2S.C2HF3O2/c22-15-7-4-13(5-8-15)12-24-19(28)14-6-9-16-17(11-14)25-21(30)27(20(16)29)26-18-3-1-2-10-23-18;3-2(4,5)1(6)7/h1-11H,12H2,(H,23,26)(H,24,28)(H,25,30);(H,6,7). The molecule has 0 bridgehead atoms. The number of aromatic amines is 1. The van der Waals surface area contributed by atoms with E-state index in [9.17, 15) is 22.8 Å². The predicted octanol–water partition coefficient (Wildman–Crippen LogP) is 4.55. The minimum Gasteiger partial charge on any atom is -0.475 e. The average molecular weight is 552 g/mol. The fourth-order valence-corrected chi connectivity index (χ4v) is 3.26. The van der Waals surface area contributed by atoms with Crippen molar-refractivity contribution < 1.29 is 27.9 Å². The summed E-state index contributed by atoms with van der Waals surface area (Å²) in [6, 6.07) is 17.3. The number of nitrogens with one attached hydrogen (secondary N) is 3. The average Bonchev–Trinajstić information content (AvgIpc) is 2.86. The van der Waals surface area contributed by atoms with Crippen molar-refractivity contribution in [2.24, 2.45) is 0 Å². The number of carbonyl (C=O) groups excluding carboxylic acids is 1. The van der Waals surface area contributed by atoms with Gasteiger partial charge in [-0.2, -0.15) is 17.8 Å². The Balaban J connectivity index is 0.000000479. The van der Waals surface area contributed by atoms with Gasteiger partial charge in [0.05, 0.1) is 10.9 Å². The van der Waals surface area contributed by atoms with Gasteiger partial charge in [-0.25, -0.2) is 9.78 Å². The van der Waals surface area contributed by atoms with E-state index in [2.05, 4.69) is 20.7 Å². The van der Waals surface area contributed by atoms with E-state index in [1.807, 2.05) is 12.1 Å². The number of benzene rings is 2. The molecule has 4 N–H and O–H groups in total. The lowest BCUT2D eigenvalue weighted by atomic mass is 10.1. The number of rotatable bonds is 5. The first-order valence-corrected chi connectivity index (χ1v) is 11.0. The van der Waals surface area contributed by atoms with Gasteiger partial charge < -0.3 is 15.4 Å². The number of halogens is 4. The minimum absolute atomic E-state index is 0.164. The highest BCUT2D eigenvalue weighted by Crippen LogP contribution is 2.14. The van der Waals surface area contributed by atoms with Crippen LogP contribution in [0.15, 0.2) is 71.7 Å². The number of aliphatic carboxylic acids is 1. The maximum Gasteiger partial charge on any atom is 0.490 e. The van der Waals surface area contributed by atoms with Gasteiger partial charge >= 0.3 is 12.1 Å². The van der Waals surface area contributed by atoms with Crippen molar-refractivity contribution in [1.29, 1.82) is 0 Å². The molecule has 2 aromatic heterocycles. The lowest BCUT2D eigenvalue weighted by Gasteiger charge is -2.11. The summed E-state index contributed by atoms with van der Waals surface area (Å²) in [5, 5.41) is 11.0. The van der Waals surface area contributed by atoms with E-state index in [1.54, 1.807) is 54.7 Å². The number of hydrogen-bond acceptors (Lipinski definition) is 6. The van der Waals surface area contributed by atoms with E-state index in [-0.39, 0.29) is 16.2 Å². The molecule has 9 nitrogen and oxygen atoms in total. The number of carboxylic acids is 1. The number of carbonyl (C=O) groups is 2. The number of carboxylic acid groups (broad SMARTS) is 1. The third kappa shape index (κ3) is 7.38. The first kappa shape index (κ1) is 27.4. The number of alkyl halides is 3. The summed E-state index contributed by atoms with van der Waals surface area (Å²) < 4.78 is 33.1. The normalized spacial score (nSPS) is 10.8. The molecule has 2 heterocycles. The summed E-state index contributed by atoms with van der Waals surface area (Å²) in [6.45, 7) is 0.361. The highest BCUT2D eigenvalue weighted by atomic mass is 35.5. The number of nitrogens with zero attached hydrogens (tertiary/aromatic N) is 2. The van der Waals surface area contributed by atoms with Gasteiger partial charge in [-0.15, -0.1) is 0 Å². The smallest absolute Gasteiger partial charge is 0.475 e. The van der Waals surface area contributed by atoms with Crippen molar-refractivity contribution in [3.63, 3.8) is 0 Å². The Hall–Kier alpha value is -4.23. The van der Waals surface area contributed by atoms with Crippen LogP contribution in [0.2, 0.25) is 5.02 Å². The lowest BCUT2D eigenvalue weighted by molar-refractivity contribution is -0.192. The first-order chi connectivity index (χ1) is 17.5. The topological polar surface area (TPSA) is 129 Å². The Labute approximate surface area is 216 Å². The quantitative estimate of drug-likeness (QED) is 0.268. The zero-order valence-electron chi connectivity index (χ0n) is 18.5. The van der Waals surface area contributed by atoms with Crippen LogP contribution in [0.5, 0.6) is 0 Å². The van der Waals surface area contributed by atoms with Crippen molar-refractivity contribution in [2.75, 3.05) is 5.43 Å². The fraction of sp³-hybridized carbons (Fsp3) is 0.0870. The summed E-state index contributed by atoms with van der Waals surface area (Å²) in [6.07, 6.45) is -3.48. The van der Waals surface area contributed by atoms with E-state index in [4.69, 9.17) is 33.7 Å². The van der Waals surface area contributed by atoms with Crippen LogP contribution in [-0.2, 0) is 11.3 Å². The molecule has 0 aliphatic carbocycles. The van der Waals surface area contributed by atoms with Gasteiger partial charge in [0.15, 0.2) is 4.77 Å². The maximum atomic E-state index is 12.8. The van der Waals surface area contributed by atoms with E-state index in [0.717, 1.165) is 5.56 Å². The summed E-state index contributed by atoms with van der Waals surface area (Å²) in [5.41, 5.74) is 4.36. The third-order valence-electron chi connectivity index (χ3n) is 4.66. The van der Waals surface area contributed by atoms with Crippen LogP contribution in [0.25, 0.3) is 10.9 Å². The zero-order chi connectivity index (χ0) is 27.2. The van der Waals surface area contributed by atoms with E-state index in [0.29, 0.717) is 33.9 Å². The number of fused-ring (bicyclic) bond motifs is 1. The van der Waals surface area contributed by atoms with Crippen LogP contribution in [0, 0.1) is 4.77 Å². The van der Waals surface area contributed by atoms with Crippen molar-refractivity contribution in [3.8, 4) is 0 Å². The number of H-pyrrole nitrogens is 1. The molecule has 0 radical (unpaired) electrons. The third-order valence-corrected chi connectivity index (χ3v) is 5.20. The second kappa shape index (κ2) is 11.7. The molecule has 4 rings (SSSR count). The summed E-state index contributed by atoms with van der Waals surface area (Å²) in [7, 11) is 0. The molecule has 14 heteroatoms. The molecule has 0 unspecified atom stereocenters. The number of pyridine rings is 1. The van der Waals surface area contributed by atoms with Gasteiger partial charge in [0.25, 0.3) is 11.5 Å². The molecule has 1 amide bonds. The van der Waals surface area contributed by atoms with Crippen molar-refractivity contribution in [1.82, 2.24) is 20.0 Å². The monoisotopic (exact) mass is 551 g/mol. The number of aromatic nitrogens is 3. The fourth-order valence-electron chi connectivity index (χ4n) is 2.89. The molecular weight excluding hydrogens is 535 g/mol. The Kier molecular flexibility index (Phi) is 8.63. The molecule has 37 heavy (non-hydrogen) atoms. The second-order valence-corrected chi connectivity index (χ2v) is 8.09. The van der Waals surface area contributed by atoms with Crippen molar-refractivity contribution in [3.05, 3.63) is 98.1 Å². The van der Waals surface area contributed by atoms with Gasteiger partial charge in [0.1, 0.15) is 5.82 Å². The molecule has 0 atom stereocenters. The highest BCUT2D eigenvalue weighted by Gasteiger charge is 2.38. The molecule has 0 fully saturated rings. The van der Waals surface area contributed by atoms with Crippen LogP contribution >= 0.6 is 23.8 Å². The molecule has 0 aliphatic rings. The molecule has 0 saturated heterocycles. The lowest BCUT2D eigenvalue weighted by Crippen LogP contribution is -2.28. The largest absolute Gasteiger partial charge is 0.490 e. The summed E-state index contributed by atoms with van der Waals surface area (Å²) >= 11 is 11.2. The Morgan fingerprint density at radius 3 is 2.38 bits per heavy atom. The Morgan fingerprint density at radius 1 is 1.11 bits per heavy atom. The minimum atomic E-state index is -5.08. The summed E-state index contributed by atoms with van der Waals surface area (Å²) in [5.74, 6) is -2.54. The van der Waals surface area contributed by atoms with Crippen LogP contribution in [0.1, 0.15) is 15.9 Å². The number of anilines is 1. The van der Waals surface area contributed by atoms with Gasteiger partial charge in [-0.1, -0.05) is 29.8 Å². The molecule has 0 aliphatic heterocycles. The van der Waals surface area contributed by atoms with Crippen molar-refractivity contribution in [2.45, 2.75) is 12.7 Å². The molecule has 192 valence electrons. The predicted molar refractivity (Wildman–Crippen MR) is 133 cm³/mol. The van der Waals surface area contributed by atoms with E-state index < -0.39 is 12.1 Å². The van der Waals surface area contributed by atoms with E-state index in [1.165, 1.54) is 4.68 Å². The SMILES string of the molecule is O=C(NCc1ccc(Cl)cc1)c1ccc2c(=O)n(Nc3ccccn3)c(=S)[nH]c2c1.O=C(O)C(F)(F)F. The van der Waals surface area contributed by atoms with Gasteiger partial charge in [-0.3, -0.25) is 15.0 Å². The van der Waals surface area contributed by atoms with Crippen LogP contribution in [0.4, 0.5) is 19.0 Å². The van der Waals surface area contributed by atoms with Gasteiger partial charge in [0.2, 0.25) is 0 Å². The Bertz CT molecular complexity index is 1540.